The van der Waals surface area contributed by atoms with E-state index in [9.17, 15) is 13.2 Å². The van der Waals surface area contributed by atoms with E-state index in [-0.39, 0.29) is 18.1 Å². The van der Waals surface area contributed by atoms with Crippen LogP contribution in [0.5, 0.6) is 0 Å². The number of hydrogen-bond acceptors (Lipinski definition) is 5. The Kier molecular flexibility index (Phi) is 6.20. The van der Waals surface area contributed by atoms with Crippen LogP contribution in [0.25, 0.3) is 0 Å². The number of piperazine rings is 1. The van der Waals surface area contributed by atoms with Crippen molar-refractivity contribution < 1.29 is 17.9 Å². The van der Waals surface area contributed by atoms with Crippen molar-refractivity contribution in [2.45, 2.75) is 37.9 Å². The summed E-state index contributed by atoms with van der Waals surface area (Å²) in [6, 6.07) is 6.89. The topological polar surface area (TPSA) is 70.2 Å². The number of nitrogens with zero attached hydrogens (tertiary/aromatic N) is 3. The van der Waals surface area contributed by atoms with Crippen molar-refractivity contribution in [3.63, 3.8) is 0 Å². The van der Waals surface area contributed by atoms with Crippen molar-refractivity contribution in [2.75, 3.05) is 45.8 Å². The quantitative estimate of drug-likeness (QED) is 0.759. The molecule has 2 heterocycles. The minimum atomic E-state index is -3.50. The Morgan fingerprint density at radius 2 is 1.59 bits per heavy atom. The molecule has 2 aliphatic heterocycles. The molecule has 0 spiro atoms. The number of hydrogen-bond donors (Lipinski definition) is 0. The summed E-state index contributed by atoms with van der Waals surface area (Å²) in [6.07, 6.45) is 0.246. The molecule has 2 saturated heterocycles. The number of benzene rings is 1. The number of aryl methyl sites for hydroxylation is 1. The smallest absolute Gasteiger partial charge is 0.243 e. The molecule has 150 valence electrons. The Bertz CT molecular complexity index is 748. The number of carbonyl (C=O) groups excluding carboxylic acids is 1. The van der Waals surface area contributed by atoms with Crippen LogP contribution >= 0.6 is 0 Å². The third-order valence-electron chi connectivity index (χ3n) is 5.10. The molecule has 2 atom stereocenters. The van der Waals surface area contributed by atoms with Crippen LogP contribution < -0.4 is 0 Å². The first-order valence-corrected chi connectivity index (χ1v) is 10.9. The second kappa shape index (κ2) is 8.26. The Balaban J connectivity index is 1.55. The van der Waals surface area contributed by atoms with E-state index in [0.29, 0.717) is 37.6 Å². The van der Waals surface area contributed by atoms with Crippen LogP contribution in [0.3, 0.4) is 0 Å². The summed E-state index contributed by atoms with van der Waals surface area (Å²) in [5, 5.41) is 0. The van der Waals surface area contributed by atoms with Gasteiger partial charge < -0.3 is 9.64 Å². The Hall–Kier alpha value is -1.48. The van der Waals surface area contributed by atoms with E-state index >= 15 is 0 Å². The summed E-state index contributed by atoms with van der Waals surface area (Å²) in [5.74, 6) is 0.0590. The van der Waals surface area contributed by atoms with Gasteiger partial charge in [-0.25, -0.2) is 8.42 Å². The lowest BCUT2D eigenvalue weighted by Gasteiger charge is -2.38. The molecule has 0 N–H and O–H groups in total. The van der Waals surface area contributed by atoms with Gasteiger partial charge in [0.05, 0.1) is 23.6 Å². The molecular weight excluding hydrogens is 366 g/mol. The van der Waals surface area contributed by atoms with E-state index in [2.05, 4.69) is 4.90 Å². The maximum absolute atomic E-state index is 12.8. The molecule has 1 aromatic carbocycles. The molecule has 0 radical (unpaired) electrons. The molecule has 1 aromatic rings. The molecule has 8 heteroatoms. The summed E-state index contributed by atoms with van der Waals surface area (Å²) in [4.78, 5) is 16.8. The zero-order valence-electron chi connectivity index (χ0n) is 16.3. The van der Waals surface area contributed by atoms with Crippen LogP contribution in [-0.4, -0.2) is 86.5 Å². The van der Waals surface area contributed by atoms with E-state index in [4.69, 9.17) is 4.74 Å². The maximum Gasteiger partial charge on any atom is 0.243 e. The normalized spacial score (nSPS) is 25.5. The van der Waals surface area contributed by atoms with Crippen LogP contribution in [0.2, 0.25) is 0 Å². The number of ether oxygens (including phenoxy) is 1. The van der Waals surface area contributed by atoms with Crippen LogP contribution in [0.15, 0.2) is 29.2 Å². The highest BCUT2D eigenvalue weighted by atomic mass is 32.2. The second-order valence-corrected chi connectivity index (χ2v) is 9.49. The predicted molar refractivity (Wildman–Crippen MR) is 103 cm³/mol. The fourth-order valence-corrected chi connectivity index (χ4v) is 5.16. The van der Waals surface area contributed by atoms with Crippen LogP contribution in [-0.2, 0) is 19.6 Å². The Morgan fingerprint density at radius 3 is 2.15 bits per heavy atom. The van der Waals surface area contributed by atoms with E-state index in [1.165, 1.54) is 4.31 Å². The van der Waals surface area contributed by atoms with Gasteiger partial charge in [-0.2, -0.15) is 4.31 Å². The first kappa shape index (κ1) is 20.3. The standard InChI is InChI=1S/C19H29N3O4S/c1-15-4-6-18(7-5-15)27(24,25)22-10-8-21(9-11-22)19(23)14-20-12-16(2)26-17(3)13-20/h4-7,16-17H,8-14H2,1-3H3/t16-,17+. The molecule has 1 amide bonds. The second-order valence-electron chi connectivity index (χ2n) is 7.55. The van der Waals surface area contributed by atoms with Crippen molar-refractivity contribution in [3.8, 4) is 0 Å². The number of rotatable bonds is 4. The molecule has 0 aliphatic carbocycles. The van der Waals surface area contributed by atoms with Crippen LogP contribution in [0.4, 0.5) is 0 Å². The summed E-state index contributed by atoms with van der Waals surface area (Å²) in [6.45, 7) is 9.34. The lowest BCUT2D eigenvalue weighted by Crippen LogP contribution is -2.54. The van der Waals surface area contributed by atoms with Gasteiger partial charge in [-0.1, -0.05) is 17.7 Å². The van der Waals surface area contributed by atoms with Gasteiger partial charge in [-0.15, -0.1) is 0 Å². The zero-order chi connectivity index (χ0) is 19.6. The third kappa shape index (κ3) is 4.87. The van der Waals surface area contributed by atoms with Crippen molar-refractivity contribution in [3.05, 3.63) is 29.8 Å². The number of morpholine rings is 1. The highest BCUT2D eigenvalue weighted by Gasteiger charge is 2.31. The van der Waals surface area contributed by atoms with Gasteiger partial charge in [0.2, 0.25) is 15.9 Å². The Labute approximate surface area is 161 Å². The van der Waals surface area contributed by atoms with E-state index in [1.54, 1.807) is 29.2 Å². The monoisotopic (exact) mass is 395 g/mol. The van der Waals surface area contributed by atoms with E-state index in [1.807, 2.05) is 20.8 Å². The van der Waals surface area contributed by atoms with Crippen molar-refractivity contribution >= 4 is 15.9 Å². The molecule has 2 aliphatic rings. The molecule has 0 saturated carbocycles. The van der Waals surface area contributed by atoms with E-state index in [0.717, 1.165) is 18.7 Å². The zero-order valence-corrected chi connectivity index (χ0v) is 17.1. The molecule has 0 bridgehead atoms. The summed E-state index contributed by atoms with van der Waals surface area (Å²) in [7, 11) is -3.50. The maximum atomic E-state index is 12.8. The SMILES string of the molecule is Cc1ccc(S(=O)(=O)N2CCN(C(=O)CN3C[C@@H](C)O[C@@H](C)C3)CC2)cc1. The third-order valence-corrected chi connectivity index (χ3v) is 7.02. The molecule has 0 unspecified atom stereocenters. The lowest BCUT2D eigenvalue weighted by atomic mass is 10.2. The van der Waals surface area contributed by atoms with Gasteiger partial charge >= 0.3 is 0 Å². The average molecular weight is 396 g/mol. The van der Waals surface area contributed by atoms with Crippen LogP contribution in [0, 0.1) is 6.92 Å². The predicted octanol–water partition coefficient (Wildman–Crippen LogP) is 0.937. The van der Waals surface area contributed by atoms with Crippen molar-refractivity contribution in [2.24, 2.45) is 0 Å². The molecule has 0 aromatic heterocycles. The van der Waals surface area contributed by atoms with Gasteiger partial charge in [0.15, 0.2) is 0 Å². The van der Waals surface area contributed by atoms with Crippen molar-refractivity contribution in [1.82, 2.24) is 14.1 Å². The summed E-state index contributed by atoms with van der Waals surface area (Å²) in [5.41, 5.74) is 1.02. The van der Waals surface area contributed by atoms with E-state index < -0.39 is 10.0 Å². The molecule has 2 fully saturated rings. The minimum absolute atomic E-state index is 0.0590. The number of amides is 1. The fourth-order valence-electron chi connectivity index (χ4n) is 3.74. The lowest BCUT2D eigenvalue weighted by molar-refractivity contribution is -0.137. The Morgan fingerprint density at radius 1 is 1.04 bits per heavy atom. The number of sulfonamides is 1. The first-order chi connectivity index (χ1) is 12.8. The summed E-state index contributed by atoms with van der Waals surface area (Å²) >= 11 is 0. The largest absolute Gasteiger partial charge is 0.373 e. The number of carbonyl (C=O) groups is 1. The molecular formula is C19H29N3O4S. The molecule has 3 rings (SSSR count). The van der Waals surface area contributed by atoms with Gasteiger partial charge in [-0.05, 0) is 32.9 Å². The molecule has 27 heavy (non-hydrogen) atoms. The average Bonchev–Trinajstić information content (AvgIpc) is 2.61. The van der Waals surface area contributed by atoms with Gasteiger partial charge in [-0.3, -0.25) is 9.69 Å². The first-order valence-electron chi connectivity index (χ1n) is 9.48. The van der Waals surface area contributed by atoms with Crippen molar-refractivity contribution in [1.29, 1.82) is 0 Å². The highest BCUT2D eigenvalue weighted by Crippen LogP contribution is 2.18. The fraction of sp³-hybridized carbons (Fsp3) is 0.632. The summed E-state index contributed by atoms with van der Waals surface area (Å²) < 4.78 is 32.7. The van der Waals surface area contributed by atoms with Crippen LogP contribution in [0.1, 0.15) is 19.4 Å². The van der Waals surface area contributed by atoms with Gasteiger partial charge in [0.25, 0.3) is 0 Å². The van der Waals surface area contributed by atoms with Gasteiger partial charge in [0, 0.05) is 39.3 Å². The van der Waals surface area contributed by atoms with Gasteiger partial charge in [0.1, 0.15) is 0 Å². The highest BCUT2D eigenvalue weighted by molar-refractivity contribution is 7.89. The minimum Gasteiger partial charge on any atom is -0.373 e. The molecule has 7 nitrogen and oxygen atoms in total.